The molecule has 2 unspecified atom stereocenters. The van der Waals surface area contributed by atoms with Crippen molar-refractivity contribution in [2.75, 3.05) is 19.8 Å². The number of rotatable bonds is 5. The number of aromatic nitrogens is 1. The molecule has 2 rings (SSSR count). The molecule has 0 spiro atoms. The summed E-state index contributed by atoms with van der Waals surface area (Å²) in [6.07, 6.45) is 0. The molecule has 0 aliphatic carbocycles. The third-order valence-corrected chi connectivity index (χ3v) is 4.80. The van der Waals surface area contributed by atoms with E-state index in [1.165, 1.54) is 0 Å². The molecule has 1 amide bonds. The number of carbonyl (C=O) groups is 1. The maximum atomic E-state index is 12.3. The summed E-state index contributed by atoms with van der Waals surface area (Å²) in [6, 6.07) is -0.0578. The first-order valence-corrected chi connectivity index (χ1v) is 8.58. The number of hydrogen-bond acceptors (Lipinski definition) is 5. The van der Waals surface area contributed by atoms with Crippen LogP contribution in [0.15, 0.2) is 5.38 Å². The van der Waals surface area contributed by atoms with Crippen molar-refractivity contribution in [2.45, 2.75) is 44.8 Å². The SMILES string of the molecule is CC(C)NC(=O)C1COCCN1C(C)c1nc(CCl)cs1. The number of morpholine rings is 1. The Hall–Kier alpha value is -0.690. The van der Waals surface area contributed by atoms with Gasteiger partial charge in [-0.1, -0.05) is 0 Å². The van der Waals surface area contributed by atoms with Crippen LogP contribution in [0, 0.1) is 0 Å². The molecule has 1 aliphatic heterocycles. The number of amides is 1. The summed E-state index contributed by atoms with van der Waals surface area (Å²) in [5.74, 6) is 0.439. The van der Waals surface area contributed by atoms with Crippen molar-refractivity contribution in [1.29, 1.82) is 0 Å². The maximum absolute atomic E-state index is 12.3. The summed E-state index contributed by atoms with van der Waals surface area (Å²) >= 11 is 7.41. The van der Waals surface area contributed by atoms with E-state index in [2.05, 4.69) is 22.1 Å². The lowest BCUT2D eigenvalue weighted by molar-refractivity contribution is -0.135. The van der Waals surface area contributed by atoms with Crippen LogP contribution in [0.5, 0.6) is 0 Å². The molecule has 0 aromatic carbocycles. The number of halogens is 1. The van der Waals surface area contributed by atoms with E-state index in [-0.39, 0.29) is 24.0 Å². The Kier molecular flexibility index (Phi) is 5.98. The average Bonchev–Trinajstić information content (AvgIpc) is 2.94. The smallest absolute Gasteiger partial charge is 0.239 e. The summed E-state index contributed by atoms with van der Waals surface area (Å²) in [5, 5.41) is 5.94. The van der Waals surface area contributed by atoms with Crippen LogP contribution < -0.4 is 5.32 Å². The Bertz CT molecular complexity index is 481. The van der Waals surface area contributed by atoms with Crippen LogP contribution in [0.3, 0.4) is 0 Å². The number of nitrogens with zero attached hydrogens (tertiary/aromatic N) is 2. The fourth-order valence-electron chi connectivity index (χ4n) is 2.40. The number of nitrogens with one attached hydrogen (secondary N) is 1. The van der Waals surface area contributed by atoms with Crippen molar-refractivity contribution in [1.82, 2.24) is 15.2 Å². The largest absolute Gasteiger partial charge is 0.378 e. The van der Waals surface area contributed by atoms with Crippen LogP contribution in [0.25, 0.3) is 0 Å². The Balaban J connectivity index is 2.11. The quantitative estimate of drug-likeness (QED) is 0.840. The first-order valence-electron chi connectivity index (χ1n) is 7.17. The summed E-state index contributed by atoms with van der Waals surface area (Å²) < 4.78 is 5.49. The van der Waals surface area contributed by atoms with Gasteiger partial charge in [0.1, 0.15) is 11.0 Å². The second-order valence-corrected chi connectivity index (χ2v) is 6.64. The highest BCUT2D eigenvalue weighted by atomic mass is 35.5. The molecule has 2 atom stereocenters. The molecule has 0 radical (unpaired) electrons. The zero-order valence-corrected chi connectivity index (χ0v) is 14.2. The van der Waals surface area contributed by atoms with Crippen molar-refractivity contribution >= 4 is 28.8 Å². The van der Waals surface area contributed by atoms with Gasteiger partial charge in [-0.25, -0.2) is 4.98 Å². The third-order valence-electron chi connectivity index (χ3n) is 3.46. The number of alkyl halides is 1. The predicted molar refractivity (Wildman–Crippen MR) is 84.7 cm³/mol. The molecule has 1 aliphatic rings. The van der Waals surface area contributed by atoms with E-state index >= 15 is 0 Å². The molecule has 2 heterocycles. The van der Waals surface area contributed by atoms with Crippen LogP contribution >= 0.6 is 22.9 Å². The zero-order chi connectivity index (χ0) is 15.4. The summed E-state index contributed by atoms with van der Waals surface area (Å²) in [4.78, 5) is 19.0. The van der Waals surface area contributed by atoms with Gasteiger partial charge < -0.3 is 10.1 Å². The molecule has 1 saturated heterocycles. The molecule has 7 heteroatoms. The van der Waals surface area contributed by atoms with Gasteiger partial charge in [0.05, 0.1) is 30.8 Å². The summed E-state index contributed by atoms with van der Waals surface area (Å²) in [7, 11) is 0. The van der Waals surface area contributed by atoms with E-state index in [0.717, 1.165) is 17.2 Å². The monoisotopic (exact) mass is 331 g/mol. The minimum absolute atomic E-state index is 0.0191. The Morgan fingerprint density at radius 3 is 3.00 bits per heavy atom. The van der Waals surface area contributed by atoms with Gasteiger partial charge in [-0.2, -0.15) is 0 Å². The molecule has 0 saturated carbocycles. The molecular formula is C14H22ClN3O2S. The molecule has 1 fully saturated rings. The summed E-state index contributed by atoms with van der Waals surface area (Å²) in [6.45, 7) is 7.80. The van der Waals surface area contributed by atoms with Crippen molar-refractivity contribution < 1.29 is 9.53 Å². The molecule has 0 bridgehead atoms. The van der Waals surface area contributed by atoms with Gasteiger partial charge in [-0.15, -0.1) is 22.9 Å². The fraction of sp³-hybridized carbons (Fsp3) is 0.714. The molecule has 1 N–H and O–H groups in total. The fourth-order valence-corrected chi connectivity index (χ4v) is 3.53. The van der Waals surface area contributed by atoms with Gasteiger partial charge >= 0.3 is 0 Å². The van der Waals surface area contributed by atoms with Crippen LogP contribution in [-0.2, 0) is 15.4 Å². The number of ether oxygens (including phenoxy) is 1. The van der Waals surface area contributed by atoms with Gasteiger partial charge in [0.2, 0.25) is 5.91 Å². The van der Waals surface area contributed by atoms with Crippen LogP contribution in [0.4, 0.5) is 0 Å². The highest BCUT2D eigenvalue weighted by Gasteiger charge is 2.34. The third kappa shape index (κ3) is 4.16. The zero-order valence-electron chi connectivity index (χ0n) is 12.6. The number of carbonyl (C=O) groups excluding carboxylic acids is 1. The molecular weight excluding hydrogens is 310 g/mol. The van der Waals surface area contributed by atoms with E-state index in [1.807, 2.05) is 19.2 Å². The van der Waals surface area contributed by atoms with E-state index in [4.69, 9.17) is 16.3 Å². The first-order chi connectivity index (χ1) is 10.0. The second kappa shape index (κ2) is 7.54. The molecule has 1 aromatic heterocycles. The van der Waals surface area contributed by atoms with E-state index in [1.54, 1.807) is 11.3 Å². The van der Waals surface area contributed by atoms with Crippen LogP contribution in [-0.4, -0.2) is 47.6 Å². The lowest BCUT2D eigenvalue weighted by atomic mass is 10.1. The molecule has 118 valence electrons. The number of thiazole rings is 1. The minimum Gasteiger partial charge on any atom is -0.378 e. The predicted octanol–water partition coefficient (Wildman–Crippen LogP) is 2.17. The Labute approximate surface area is 134 Å². The van der Waals surface area contributed by atoms with Crippen LogP contribution in [0.2, 0.25) is 0 Å². The van der Waals surface area contributed by atoms with Gasteiger partial charge in [0.15, 0.2) is 0 Å². The first kappa shape index (κ1) is 16.7. The summed E-state index contributed by atoms with van der Waals surface area (Å²) in [5.41, 5.74) is 0.889. The van der Waals surface area contributed by atoms with E-state index < -0.39 is 0 Å². The van der Waals surface area contributed by atoms with Gasteiger partial charge in [-0.3, -0.25) is 9.69 Å². The standard InChI is InChI=1S/C14H22ClN3O2S/c1-9(2)16-13(19)12-7-20-5-4-18(12)10(3)14-17-11(6-15)8-21-14/h8-10,12H,4-7H2,1-3H3,(H,16,19). The average molecular weight is 332 g/mol. The van der Waals surface area contributed by atoms with Crippen molar-refractivity contribution in [2.24, 2.45) is 0 Å². The van der Waals surface area contributed by atoms with Crippen molar-refractivity contribution in [3.63, 3.8) is 0 Å². The maximum Gasteiger partial charge on any atom is 0.239 e. The Morgan fingerprint density at radius 2 is 2.38 bits per heavy atom. The normalized spacial score (nSPS) is 21.5. The Morgan fingerprint density at radius 1 is 1.62 bits per heavy atom. The van der Waals surface area contributed by atoms with Gasteiger partial charge in [-0.05, 0) is 20.8 Å². The molecule has 21 heavy (non-hydrogen) atoms. The number of hydrogen-bond donors (Lipinski definition) is 1. The van der Waals surface area contributed by atoms with Gasteiger partial charge in [0.25, 0.3) is 0 Å². The molecule has 1 aromatic rings. The van der Waals surface area contributed by atoms with E-state index in [0.29, 0.717) is 19.1 Å². The lowest BCUT2D eigenvalue weighted by Crippen LogP contribution is -2.55. The van der Waals surface area contributed by atoms with E-state index in [9.17, 15) is 4.79 Å². The second-order valence-electron chi connectivity index (χ2n) is 5.48. The van der Waals surface area contributed by atoms with Crippen LogP contribution in [0.1, 0.15) is 37.5 Å². The lowest BCUT2D eigenvalue weighted by Gasteiger charge is -2.38. The van der Waals surface area contributed by atoms with Crippen molar-refractivity contribution in [3.05, 3.63) is 16.1 Å². The minimum atomic E-state index is -0.264. The topological polar surface area (TPSA) is 54.5 Å². The van der Waals surface area contributed by atoms with Crippen molar-refractivity contribution in [3.8, 4) is 0 Å². The highest BCUT2D eigenvalue weighted by molar-refractivity contribution is 7.09. The van der Waals surface area contributed by atoms with Gasteiger partial charge in [0, 0.05) is 18.0 Å². The molecule has 5 nitrogen and oxygen atoms in total. The highest BCUT2D eigenvalue weighted by Crippen LogP contribution is 2.27.